The molecular weight excluding hydrogens is 334 g/mol. The molecule has 1 amide bonds. The Kier molecular flexibility index (Phi) is 5.17. The van der Waals surface area contributed by atoms with Crippen molar-refractivity contribution in [3.05, 3.63) is 46.5 Å². The number of hydrogen-bond donors (Lipinski definition) is 2. The molecule has 0 aliphatic heterocycles. The zero-order chi connectivity index (χ0) is 15.4. The number of aliphatic carboxylic acids is 1. The standard InChI is InChI=1S/C16H18BrNO3/c1-10(11-6-8-12(17)9-7-11)18-15(19)13-4-2-3-5-14(13)16(20)21/h2-3,6-10,13-14H,4-5H2,1H3,(H,18,19)(H,20,21)/t10-,13+,14-/m0/s1. The van der Waals surface area contributed by atoms with Crippen LogP contribution in [-0.4, -0.2) is 17.0 Å². The van der Waals surface area contributed by atoms with Crippen LogP contribution in [-0.2, 0) is 9.59 Å². The second-order valence-electron chi connectivity index (χ2n) is 5.28. The van der Waals surface area contributed by atoms with Gasteiger partial charge in [-0.25, -0.2) is 0 Å². The molecule has 2 rings (SSSR count). The van der Waals surface area contributed by atoms with Gasteiger partial charge in [0.25, 0.3) is 0 Å². The van der Waals surface area contributed by atoms with Gasteiger partial charge in [-0.1, -0.05) is 40.2 Å². The molecule has 2 N–H and O–H groups in total. The first-order valence-corrected chi connectivity index (χ1v) is 7.72. The van der Waals surface area contributed by atoms with Gasteiger partial charge in [0.2, 0.25) is 5.91 Å². The van der Waals surface area contributed by atoms with E-state index in [-0.39, 0.29) is 11.9 Å². The van der Waals surface area contributed by atoms with Crippen LogP contribution in [0.4, 0.5) is 0 Å². The Morgan fingerprint density at radius 2 is 1.76 bits per heavy atom. The molecule has 0 saturated heterocycles. The normalized spacial score (nSPS) is 22.6. The van der Waals surface area contributed by atoms with E-state index in [1.165, 1.54) is 0 Å². The Morgan fingerprint density at radius 1 is 1.19 bits per heavy atom. The van der Waals surface area contributed by atoms with Gasteiger partial charge in [-0.05, 0) is 37.5 Å². The number of amides is 1. The second kappa shape index (κ2) is 6.89. The van der Waals surface area contributed by atoms with Crippen molar-refractivity contribution < 1.29 is 14.7 Å². The molecule has 3 atom stereocenters. The summed E-state index contributed by atoms with van der Waals surface area (Å²) in [7, 11) is 0. The van der Waals surface area contributed by atoms with Crippen LogP contribution in [0.1, 0.15) is 31.4 Å². The summed E-state index contributed by atoms with van der Waals surface area (Å²) in [6, 6.07) is 7.56. The number of carbonyl (C=O) groups is 2. The summed E-state index contributed by atoms with van der Waals surface area (Å²) in [4.78, 5) is 23.6. The lowest BCUT2D eigenvalue weighted by Crippen LogP contribution is -2.39. The van der Waals surface area contributed by atoms with Gasteiger partial charge in [-0.15, -0.1) is 0 Å². The Labute approximate surface area is 132 Å². The molecule has 0 unspecified atom stereocenters. The third-order valence-electron chi connectivity index (χ3n) is 3.82. The first kappa shape index (κ1) is 15.8. The maximum atomic E-state index is 12.3. The van der Waals surface area contributed by atoms with Crippen LogP contribution in [0, 0.1) is 11.8 Å². The summed E-state index contributed by atoms with van der Waals surface area (Å²) in [5, 5.41) is 12.1. The highest BCUT2D eigenvalue weighted by Crippen LogP contribution is 2.27. The van der Waals surface area contributed by atoms with E-state index in [0.717, 1.165) is 10.0 Å². The molecule has 0 fully saturated rings. The third-order valence-corrected chi connectivity index (χ3v) is 4.34. The van der Waals surface area contributed by atoms with Crippen LogP contribution in [0.3, 0.4) is 0 Å². The quantitative estimate of drug-likeness (QED) is 0.818. The van der Waals surface area contributed by atoms with Crippen molar-refractivity contribution in [2.75, 3.05) is 0 Å². The van der Waals surface area contributed by atoms with E-state index in [9.17, 15) is 14.7 Å². The highest BCUT2D eigenvalue weighted by atomic mass is 79.9. The maximum Gasteiger partial charge on any atom is 0.307 e. The van der Waals surface area contributed by atoms with Gasteiger partial charge >= 0.3 is 5.97 Å². The molecule has 5 heteroatoms. The molecule has 4 nitrogen and oxygen atoms in total. The minimum Gasteiger partial charge on any atom is -0.481 e. The number of carboxylic acid groups (broad SMARTS) is 1. The van der Waals surface area contributed by atoms with E-state index < -0.39 is 17.8 Å². The van der Waals surface area contributed by atoms with Gasteiger partial charge < -0.3 is 10.4 Å². The van der Waals surface area contributed by atoms with E-state index in [0.29, 0.717) is 12.8 Å². The fraction of sp³-hybridized carbons (Fsp3) is 0.375. The molecule has 0 aromatic heterocycles. The van der Waals surface area contributed by atoms with E-state index in [4.69, 9.17) is 0 Å². The average Bonchev–Trinajstić information content (AvgIpc) is 2.47. The van der Waals surface area contributed by atoms with E-state index in [1.807, 2.05) is 43.3 Å². The largest absolute Gasteiger partial charge is 0.481 e. The number of halogens is 1. The van der Waals surface area contributed by atoms with Crippen molar-refractivity contribution in [3.8, 4) is 0 Å². The van der Waals surface area contributed by atoms with Crippen molar-refractivity contribution in [3.63, 3.8) is 0 Å². The summed E-state index contributed by atoms with van der Waals surface area (Å²) in [6.07, 6.45) is 4.62. The summed E-state index contributed by atoms with van der Waals surface area (Å²) in [5.41, 5.74) is 0.991. The number of rotatable bonds is 4. The lowest BCUT2D eigenvalue weighted by atomic mass is 9.82. The Hall–Kier alpha value is -1.62. The van der Waals surface area contributed by atoms with E-state index in [2.05, 4.69) is 21.2 Å². The third kappa shape index (κ3) is 3.94. The molecule has 0 bridgehead atoms. The molecule has 0 saturated carbocycles. The van der Waals surface area contributed by atoms with Crippen molar-refractivity contribution in [1.29, 1.82) is 0 Å². The zero-order valence-electron chi connectivity index (χ0n) is 11.8. The van der Waals surface area contributed by atoms with Crippen molar-refractivity contribution in [2.45, 2.75) is 25.8 Å². The Balaban J connectivity index is 2.04. The Morgan fingerprint density at radius 3 is 2.33 bits per heavy atom. The van der Waals surface area contributed by atoms with Gasteiger partial charge in [0, 0.05) is 4.47 Å². The molecule has 0 spiro atoms. The fourth-order valence-electron chi connectivity index (χ4n) is 2.53. The minimum atomic E-state index is -0.907. The lowest BCUT2D eigenvalue weighted by molar-refractivity contribution is -0.147. The topological polar surface area (TPSA) is 66.4 Å². The smallest absolute Gasteiger partial charge is 0.307 e. The number of nitrogens with one attached hydrogen (secondary N) is 1. The van der Waals surface area contributed by atoms with Crippen LogP contribution < -0.4 is 5.32 Å². The minimum absolute atomic E-state index is 0.147. The molecule has 21 heavy (non-hydrogen) atoms. The SMILES string of the molecule is C[C@H](NC(=O)[C@@H]1CC=CC[C@@H]1C(=O)O)c1ccc(Br)cc1. The fourth-order valence-corrected chi connectivity index (χ4v) is 2.80. The highest BCUT2D eigenvalue weighted by molar-refractivity contribution is 9.10. The van der Waals surface area contributed by atoms with Gasteiger partial charge in [0.15, 0.2) is 0 Å². The van der Waals surface area contributed by atoms with E-state index >= 15 is 0 Å². The summed E-state index contributed by atoms with van der Waals surface area (Å²) < 4.78 is 0.980. The molecule has 112 valence electrons. The molecule has 1 aromatic rings. The van der Waals surface area contributed by atoms with Gasteiger partial charge in [0.1, 0.15) is 0 Å². The summed E-state index contributed by atoms with van der Waals surface area (Å²) in [5.74, 6) is -2.23. The predicted octanol–water partition coefficient (Wildman–Crippen LogP) is 3.29. The van der Waals surface area contributed by atoms with Gasteiger partial charge in [-0.2, -0.15) is 0 Å². The zero-order valence-corrected chi connectivity index (χ0v) is 13.3. The first-order valence-electron chi connectivity index (χ1n) is 6.92. The second-order valence-corrected chi connectivity index (χ2v) is 6.19. The monoisotopic (exact) mass is 351 g/mol. The molecule has 0 heterocycles. The molecular formula is C16H18BrNO3. The molecule has 1 aliphatic carbocycles. The van der Waals surface area contributed by atoms with Crippen molar-refractivity contribution in [2.24, 2.45) is 11.8 Å². The number of carbonyl (C=O) groups excluding carboxylic acids is 1. The number of allylic oxidation sites excluding steroid dienone is 2. The van der Waals surface area contributed by atoms with Crippen LogP contribution in [0.2, 0.25) is 0 Å². The molecule has 1 aromatic carbocycles. The maximum absolute atomic E-state index is 12.3. The van der Waals surface area contributed by atoms with Crippen LogP contribution >= 0.6 is 15.9 Å². The van der Waals surface area contributed by atoms with Crippen LogP contribution in [0.15, 0.2) is 40.9 Å². The number of carboxylic acids is 1. The predicted molar refractivity (Wildman–Crippen MR) is 83.7 cm³/mol. The van der Waals surface area contributed by atoms with Crippen LogP contribution in [0.25, 0.3) is 0 Å². The Bertz CT molecular complexity index is 553. The summed E-state index contributed by atoms with van der Waals surface area (Å²) in [6.45, 7) is 1.90. The van der Waals surface area contributed by atoms with Gasteiger partial charge in [-0.3, -0.25) is 9.59 Å². The first-order chi connectivity index (χ1) is 9.99. The molecule has 1 aliphatic rings. The number of benzene rings is 1. The lowest BCUT2D eigenvalue weighted by Gasteiger charge is -2.26. The average molecular weight is 352 g/mol. The van der Waals surface area contributed by atoms with Crippen molar-refractivity contribution in [1.82, 2.24) is 5.32 Å². The molecule has 0 radical (unpaired) electrons. The number of hydrogen-bond acceptors (Lipinski definition) is 2. The van der Waals surface area contributed by atoms with E-state index in [1.54, 1.807) is 0 Å². The van der Waals surface area contributed by atoms with Crippen molar-refractivity contribution >= 4 is 27.8 Å². The van der Waals surface area contributed by atoms with Crippen LogP contribution in [0.5, 0.6) is 0 Å². The summed E-state index contributed by atoms with van der Waals surface area (Å²) >= 11 is 3.37. The van der Waals surface area contributed by atoms with Gasteiger partial charge in [0.05, 0.1) is 17.9 Å². The highest BCUT2D eigenvalue weighted by Gasteiger charge is 2.34.